The van der Waals surface area contributed by atoms with Crippen LogP contribution in [0.15, 0.2) is 17.6 Å². The molecule has 2 aromatic rings. The van der Waals surface area contributed by atoms with Crippen LogP contribution in [0.1, 0.15) is 42.6 Å². The number of aromatic amines is 1. The number of methoxy groups -OCH3 is 1. The van der Waals surface area contributed by atoms with Crippen molar-refractivity contribution in [3.8, 4) is 11.3 Å². The van der Waals surface area contributed by atoms with Crippen molar-refractivity contribution >= 4 is 28.3 Å². The van der Waals surface area contributed by atoms with Crippen LogP contribution in [0.2, 0.25) is 0 Å². The van der Waals surface area contributed by atoms with Gasteiger partial charge in [0.05, 0.1) is 12.8 Å². The first kappa shape index (κ1) is 18.2. The van der Waals surface area contributed by atoms with Crippen molar-refractivity contribution in [2.24, 2.45) is 5.73 Å². The summed E-state index contributed by atoms with van der Waals surface area (Å²) in [7, 11) is 1.33. The van der Waals surface area contributed by atoms with E-state index in [9.17, 15) is 9.59 Å². The van der Waals surface area contributed by atoms with Gasteiger partial charge in [0.2, 0.25) is 5.91 Å². The van der Waals surface area contributed by atoms with E-state index in [1.165, 1.54) is 18.4 Å². The predicted molar refractivity (Wildman–Crippen MR) is 94.0 cm³/mol. The van der Waals surface area contributed by atoms with Gasteiger partial charge in [-0.05, 0) is 25.5 Å². The lowest BCUT2D eigenvalue weighted by Crippen LogP contribution is -2.10. The third kappa shape index (κ3) is 5.17. The number of rotatable bonds is 9. The van der Waals surface area contributed by atoms with Gasteiger partial charge in [0.1, 0.15) is 5.69 Å². The van der Waals surface area contributed by atoms with E-state index in [1.807, 2.05) is 5.38 Å². The number of carbonyl (C=O) groups excluding carboxylic acids is 2. The lowest BCUT2D eigenvalue weighted by atomic mass is 10.1. The number of amides is 1. The molecule has 1 amide bonds. The molecule has 0 aliphatic rings. The number of unbranched alkanes of at least 4 members (excludes halogenated alkanes) is 3. The van der Waals surface area contributed by atoms with Crippen molar-refractivity contribution in [3.05, 3.63) is 23.3 Å². The second kappa shape index (κ2) is 9.19. The minimum atomic E-state index is -0.431. The normalized spacial score (nSPS) is 10.6. The molecule has 130 valence electrons. The second-order valence-electron chi connectivity index (χ2n) is 5.33. The maximum Gasteiger partial charge on any atom is 0.354 e. The van der Waals surface area contributed by atoms with E-state index in [0.717, 1.165) is 31.2 Å². The zero-order valence-electron chi connectivity index (χ0n) is 13.6. The molecule has 0 fully saturated rings. The van der Waals surface area contributed by atoms with E-state index in [2.05, 4.69) is 20.0 Å². The van der Waals surface area contributed by atoms with Gasteiger partial charge in [0, 0.05) is 23.6 Å². The van der Waals surface area contributed by atoms with Gasteiger partial charge >= 0.3 is 5.97 Å². The predicted octanol–water partition coefficient (Wildman–Crippen LogP) is 2.77. The summed E-state index contributed by atoms with van der Waals surface area (Å²) in [4.78, 5) is 30.5. The Morgan fingerprint density at radius 1 is 1.33 bits per heavy atom. The molecule has 0 unspecified atom stereocenters. The topological polar surface area (TPSA) is 110 Å². The largest absolute Gasteiger partial charge is 0.464 e. The average Bonchev–Trinajstić information content (AvgIpc) is 3.23. The van der Waals surface area contributed by atoms with E-state index in [0.29, 0.717) is 29.5 Å². The SMILES string of the molecule is COC(=O)c1cc(-c2csc(NC(=O)CCCCCCN)n2)c[nH]1. The Hall–Kier alpha value is -2.19. The molecule has 0 bridgehead atoms. The second-order valence-corrected chi connectivity index (χ2v) is 6.19. The summed E-state index contributed by atoms with van der Waals surface area (Å²) in [6.07, 6.45) is 6.08. The Balaban J connectivity index is 1.85. The fourth-order valence-corrected chi connectivity index (χ4v) is 2.93. The number of ether oxygens (including phenoxy) is 1. The molecule has 2 aromatic heterocycles. The first-order chi connectivity index (χ1) is 11.6. The summed E-state index contributed by atoms with van der Waals surface area (Å²) in [6, 6.07) is 1.67. The molecule has 2 heterocycles. The lowest BCUT2D eigenvalue weighted by Gasteiger charge is -2.01. The van der Waals surface area contributed by atoms with E-state index < -0.39 is 5.97 Å². The van der Waals surface area contributed by atoms with Crippen molar-refractivity contribution in [1.82, 2.24) is 9.97 Å². The number of hydrogen-bond donors (Lipinski definition) is 3. The molecule has 0 aliphatic carbocycles. The highest BCUT2D eigenvalue weighted by molar-refractivity contribution is 7.14. The lowest BCUT2D eigenvalue weighted by molar-refractivity contribution is -0.116. The van der Waals surface area contributed by atoms with Crippen LogP contribution >= 0.6 is 11.3 Å². The van der Waals surface area contributed by atoms with Gasteiger partial charge in [-0.3, -0.25) is 4.79 Å². The molecule has 7 nitrogen and oxygen atoms in total. The summed E-state index contributed by atoms with van der Waals surface area (Å²) < 4.78 is 4.65. The van der Waals surface area contributed by atoms with Gasteiger partial charge in [-0.2, -0.15) is 0 Å². The molecule has 0 saturated carbocycles. The Kier molecular flexibility index (Phi) is 6.95. The molecular weight excluding hydrogens is 328 g/mol. The van der Waals surface area contributed by atoms with Gasteiger partial charge in [-0.1, -0.05) is 12.8 Å². The van der Waals surface area contributed by atoms with Crippen LogP contribution in [0.25, 0.3) is 11.3 Å². The highest BCUT2D eigenvalue weighted by Crippen LogP contribution is 2.25. The molecule has 0 spiro atoms. The van der Waals surface area contributed by atoms with Crippen molar-refractivity contribution in [3.63, 3.8) is 0 Å². The maximum absolute atomic E-state index is 11.9. The van der Waals surface area contributed by atoms with E-state index >= 15 is 0 Å². The minimum Gasteiger partial charge on any atom is -0.464 e. The zero-order chi connectivity index (χ0) is 17.4. The highest BCUT2D eigenvalue weighted by Gasteiger charge is 2.12. The van der Waals surface area contributed by atoms with E-state index in [-0.39, 0.29) is 5.91 Å². The summed E-state index contributed by atoms with van der Waals surface area (Å²) in [5.41, 5.74) is 7.27. The maximum atomic E-state index is 11.9. The van der Waals surface area contributed by atoms with Crippen molar-refractivity contribution < 1.29 is 14.3 Å². The molecule has 0 saturated heterocycles. The van der Waals surface area contributed by atoms with Gasteiger partial charge in [-0.25, -0.2) is 9.78 Å². The van der Waals surface area contributed by atoms with Gasteiger partial charge < -0.3 is 20.8 Å². The molecule has 0 atom stereocenters. The highest BCUT2D eigenvalue weighted by atomic mass is 32.1. The zero-order valence-corrected chi connectivity index (χ0v) is 14.4. The van der Waals surface area contributed by atoms with Crippen molar-refractivity contribution in [1.29, 1.82) is 0 Å². The molecule has 0 aliphatic heterocycles. The van der Waals surface area contributed by atoms with Crippen molar-refractivity contribution in [2.45, 2.75) is 32.1 Å². The fourth-order valence-electron chi connectivity index (χ4n) is 2.20. The van der Waals surface area contributed by atoms with Crippen LogP contribution in [0.3, 0.4) is 0 Å². The van der Waals surface area contributed by atoms with Crippen LogP contribution in [0, 0.1) is 0 Å². The van der Waals surface area contributed by atoms with Crippen LogP contribution in [-0.2, 0) is 9.53 Å². The first-order valence-electron chi connectivity index (χ1n) is 7.86. The minimum absolute atomic E-state index is 0.0343. The van der Waals surface area contributed by atoms with Gasteiger partial charge in [0.25, 0.3) is 0 Å². The number of anilines is 1. The number of nitrogens with one attached hydrogen (secondary N) is 2. The van der Waals surface area contributed by atoms with Gasteiger partial charge in [-0.15, -0.1) is 11.3 Å². The summed E-state index contributed by atoms with van der Waals surface area (Å²) >= 11 is 1.35. The molecule has 4 N–H and O–H groups in total. The third-order valence-electron chi connectivity index (χ3n) is 3.49. The number of carbonyl (C=O) groups is 2. The molecular formula is C16H22N4O3S. The fraction of sp³-hybridized carbons (Fsp3) is 0.438. The number of thiazole rings is 1. The Bertz CT molecular complexity index is 680. The Labute approximate surface area is 144 Å². The molecule has 24 heavy (non-hydrogen) atoms. The van der Waals surface area contributed by atoms with E-state index in [1.54, 1.807) is 12.3 Å². The Morgan fingerprint density at radius 2 is 2.12 bits per heavy atom. The van der Waals surface area contributed by atoms with Crippen molar-refractivity contribution in [2.75, 3.05) is 19.0 Å². The van der Waals surface area contributed by atoms with Crippen LogP contribution < -0.4 is 11.1 Å². The van der Waals surface area contributed by atoms with Crippen LogP contribution in [0.5, 0.6) is 0 Å². The Morgan fingerprint density at radius 3 is 2.88 bits per heavy atom. The summed E-state index contributed by atoms with van der Waals surface area (Å²) in [6.45, 7) is 0.699. The number of esters is 1. The summed E-state index contributed by atoms with van der Waals surface area (Å²) in [5, 5.41) is 5.19. The third-order valence-corrected chi connectivity index (χ3v) is 4.25. The number of nitrogens with two attached hydrogens (primary N) is 1. The average molecular weight is 350 g/mol. The molecule has 0 aromatic carbocycles. The monoisotopic (exact) mass is 350 g/mol. The first-order valence-corrected chi connectivity index (χ1v) is 8.74. The quantitative estimate of drug-likeness (QED) is 0.476. The van der Waals surface area contributed by atoms with Crippen LogP contribution in [0.4, 0.5) is 5.13 Å². The van der Waals surface area contributed by atoms with Gasteiger partial charge in [0.15, 0.2) is 5.13 Å². The number of hydrogen-bond acceptors (Lipinski definition) is 6. The van der Waals surface area contributed by atoms with E-state index in [4.69, 9.17) is 5.73 Å². The smallest absolute Gasteiger partial charge is 0.354 e. The number of nitrogens with zero attached hydrogens (tertiary/aromatic N) is 1. The molecule has 8 heteroatoms. The molecule has 2 rings (SSSR count). The number of H-pyrrole nitrogens is 1. The van der Waals surface area contributed by atoms with Crippen LogP contribution in [-0.4, -0.2) is 35.5 Å². The molecule has 0 radical (unpaired) electrons. The standard InChI is InChI=1S/C16H22N4O3S/c1-23-15(22)12-8-11(9-18-12)13-10-24-16(19-13)20-14(21)6-4-2-3-5-7-17/h8-10,18H,2-7,17H2,1H3,(H,19,20,21). The summed E-state index contributed by atoms with van der Waals surface area (Å²) in [5.74, 6) is -0.465. The number of aromatic nitrogens is 2.